The minimum absolute atomic E-state index is 0.0194. The number of non-ortho nitro benzene ring substituents is 1. The summed E-state index contributed by atoms with van der Waals surface area (Å²) in [6.45, 7) is -0.630. The van der Waals surface area contributed by atoms with E-state index in [4.69, 9.17) is 9.84 Å². The molecular formula is C13H14N2O6. The molecule has 0 heterocycles. The maximum Gasteiger partial charge on any atom is 0.323 e. The van der Waals surface area contributed by atoms with Crippen molar-refractivity contribution in [3.05, 3.63) is 34.4 Å². The maximum absolute atomic E-state index is 11.9. The number of nitrogens with zero attached hydrogens (tertiary/aromatic N) is 2. The Hall–Kier alpha value is -2.64. The molecule has 0 saturated heterocycles. The summed E-state index contributed by atoms with van der Waals surface area (Å²) in [6, 6.07) is 5.31. The molecule has 0 bridgehead atoms. The van der Waals surface area contributed by atoms with Crippen molar-refractivity contribution in [2.24, 2.45) is 0 Å². The minimum Gasteiger partial charge on any atom is -0.484 e. The van der Waals surface area contributed by atoms with Crippen LogP contribution in [0.3, 0.4) is 0 Å². The van der Waals surface area contributed by atoms with Crippen molar-refractivity contribution in [3.63, 3.8) is 0 Å². The first-order valence-corrected chi connectivity index (χ1v) is 6.36. The van der Waals surface area contributed by atoms with Gasteiger partial charge in [0, 0.05) is 18.2 Å². The van der Waals surface area contributed by atoms with Crippen molar-refractivity contribution in [1.29, 1.82) is 0 Å². The molecule has 8 nitrogen and oxygen atoms in total. The van der Waals surface area contributed by atoms with Crippen molar-refractivity contribution < 1.29 is 24.4 Å². The highest BCUT2D eigenvalue weighted by Crippen LogP contribution is 2.26. The Morgan fingerprint density at radius 3 is 2.43 bits per heavy atom. The number of hydrogen-bond donors (Lipinski definition) is 1. The van der Waals surface area contributed by atoms with Gasteiger partial charge in [-0.25, -0.2) is 0 Å². The summed E-state index contributed by atoms with van der Waals surface area (Å²) in [7, 11) is 0. The third-order valence-corrected chi connectivity index (χ3v) is 3.02. The van der Waals surface area contributed by atoms with Crippen LogP contribution < -0.4 is 4.74 Å². The predicted octanol–water partition coefficient (Wildman–Crippen LogP) is 1.05. The quantitative estimate of drug-likeness (QED) is 0.594. The molecule has 0 aromatic heterocycles. The molecule has 0 spiro atoms. The van der Waals surface area contributed by atoms with Crippen molar-refractivity contribution in [2.75, 3.05) is 13.2 Å². The molecule has 1 N–H and O–H groups in total. The lowest BCUT2D eigenvalue weighted by atomic mass is 10.3. The first-order valence-electron chi connectivity index (χ1n) is 6.36. The largest absolute Gasteiger partial charge is 0.484 e. The number of aliphatic carboxylic acids is 1. The van der Waals surface area contributed by atoms with Gasteiger partial charge < -0.3 is 14.7 Å². The first-order chi connectivity index (χ1) is 9.97. The lowest BCUT2D eigenvalue weighted by molar-refractivity contribution is -0.384. The second-order valence-corrected chi connectivity index (χ2v) is 4.69. The Bertz CT molecular complexity index is 552. The van der Waals surface area contributed by atoms with Crippen LogP contribution in [0.1, 0.15) is 12.8 Å². The van der Waals surface area contributed by atoms with Gasteiger partial charge in [0.1, 0.15) is 12.3 Å². The number of carboxylic acids is 1. The summed E-state index contributed by atoms with van der Waals surface area (Å²) in [5.41, 5.74) is -0.0702. The van der Waals surface area contributed by atoms with Gasteiger partial charge in [0.15, 0.2) is 6.61 Å². The summed E-state index contributed by atoms with van der Waals surface area (Å²) in [6.07, 6.45) is 1.60. The summed E-state index contributed by atoms with van der Waals surface area (Å²) >= 11 is 0. The van der Waals surface area contributed by atoms with Crippen LogP contribution >= 0.6 is 0 Å². The Balaban J connectivity index is 1.90. The van der Waals surface area contributed by atoms with Crippen LogP contribution in [0.15, 0.2) is 24.3 Å². The van der Waals surface area contributed by atoms with E-state index in [-0.39, 0.29) is 24.9 Å². The number of carboxylic acid groups (broad SMARTS) is 1. The van der Waals surface area contributed by atoms with E-state index in [1.165, 1.54) is 29.2 Å². The lowest BCUT2D eigenvalue weighted by Crippen LogP contribution is -2.40. The third kappa shape index (κ3) is 4.16. The number of hydrogen-bond acceptors (Lipinski definition) is 5. The second kappa shape index (κ2) is 6.21. The van der Waals surface area contributed by atoms with Crippen LogP contribution in [0, 0.1) is 10.1 Å². The van der Waals surface area contributed by atoms with E-state index in [1.807, 2.05) is 0 Å². The zero-order chi connectivity index (χ0) is 15.4. The van der Waals surface area contributed by atoms with Crippen LogP contribution in [-0.4, -0.2) is 46.0 Å². The highest BCUT2D eigenvalue weighted by molar-refractivity contribution is 5.83. The molecular weight excluding hydrogens is 280 g/mol. The SMILES string of the molecule is O=C(O)CN(C(=O)COc1ccc([N+](=O)[O-])cc1)C1CC1. The molecule has 1 saturated carbocycles. The lowest BCUT2D eigenvalue weighted by Gasteiger charge is -2.20. The number of rotatable bonds is 7. The number of nitro groups is 1. The first kappa shape index (κ1) is 14.8. The average molecular weight is 294 g/mol. The Kier molecular flexibility index (Phi) is 4.36. The number of carbonyl (C=O) groups excluding carboxylic acids is 1. The van der Waals surface area contributed by atoms with E-state index < -0.39 is 16.8 Å². The van der Waals surface area contributed by atoms with E-state index >= 15 is 0 Å². The van der Waals surface area contributed by atoms with Crippen LogP contribution in [0.25, 0.3) is 0 Å². The van der Waals surface area contributed by atoms with Crippen molar-refractivity contribution in [3.8, 4) is 5.75 Å². The van der Waals surface area contributed by atoms with Crippen LogP contribution in [-0.2, 0) is 9.59 Å². The van der Waals surface area contributed by atoms with Gasteiger partial charge in [0.05, 0.1) is 4.92 Å². The van der Waals surface area contributed by atoms with Gasteiger partial charge in [-0.15, -0.1) is 0 Å². The highest BCUT2D eigenvalue weighted by Gasteiger charge is 2.33. The smallest absolute Gasteiger partial charge is 0.323 e. The Morgan fingerprint density at radius 2 is 1.95 bits per heavy atom. The Labute approximate surface area is 120 Å². The zero-order valence-corrected chi connectivity index (χ0v) is 11.1. The molecule has 0 atom stereocenters. The Morgan fingerprint density at radius 1 is 1.33 bits per heavy atom. The maximum atomic E-state index is 11.9. The van der Waals surface area contributed by atoms with Gasteiger partial charge in [0.2, 0.25) is 0 Å². The molecule has 0 radical (unpaired) electrons. The monoisotopic (exact) mass is 294 g/mol. The molecule has 8 heteroatoms. The normalized spacial score (nSPS) is 13.5. The van der Waals surface area contributed by atoms with Gasteiger partial charge in [-0.05, 0) is 25.0 Å². The molecule has 1 aromatic carbocycles. The molecule has 21 heavy (non-hydrogen) atoms. The number of benzene rings is 1. The molecule has 1 aromatic rings. The minimum atomic E-state index is -1.06. The number of nitro benzene ring substituents is 1. The number of carbonyl (C=O) groups is 2. The van der Waals surface area contributed by atoms with Crippen LogP contribution in [0.5, 0.6) is 5.75 Å². The van der Waals surface area contributed by atoms with E-state index in [0.29, 0.717) is 5.75 Å². The molecule has 112 valence electrons. The van der Waals surface area contributed by atoms with Crippen LogP contribution in [0.4, 0.5) is 5.69 Å². The molecule has 0 aliphatic heterocycles. The molecule has 1 aliphatic rings. The summed E-state index contributed by atoms with van der Waals surface area (Å²) in [4.78, 5) is 33.9. The standard InChI is InChI=1S/C13H14N2O6/c16-12(14(7-13(17)18)9-1-2-9)8-21-11-5-3-10(4-6-11)15(19)20/h3-6,9H,1-2,7-8H2,(H,17,18). The molecule has 1 aliphatic carbocycles. The van der Waals surface area contributed by atoms with Crippen molar-refractivity contribution >= 4 is 17.6 Å². The van der Waals surface area contributed by atoms with Crippen LogP contribution in [0.2, 0.25) is 0 Å². The third-order valence-electron chi connectivity index (χ3n) is 3.02. The fourth-order valence-electron chi connectivity index (χ4n) is 1.84. The van der Waals surface area contributed by atoms with E-state index in [9.17, 15) is 19.7 Å². The van der Waals surface area contributed by atoms with Gasteiger partial charge >= 0.3 is 5.97 Å². The van der Waals surface area contributed by atoms with Gasteiger partial charge in [-0.1, -0.05) is 0 Å². The zero-order valence-electron chi connectivity index (χ0n) is 11.1. The summed E-state index contributed by atoms with van der Waals surface area (Å²) in [5, 5.41) is 19.3. The summed E-state index contributed by atoms with van der Waals surface area (Å²) < 4.78 is 5.24. The molecule has 2 rings (SSSR count). The highest BCUT2D eigenvalue weighted by atomic mass is 16.6. The van der Waals surface area contributed by atoms with E-state index in [1.54, 1.807) is 0 Å². The summed E-state index contributed by atoms with van der Waals surface area (Å²) in [5.74, 6) is -1.15. The van der Waals surface area contributed by atoms with Gasteiger partial charge in [-0.3, -0.25) is 19.7 Å². The van der Waals surface area contributed by atoms with Crippen molar-refractivity contribution in [1.82, 2.24) is 4.90 Å². The van der Waals surface area contributed by atoms with E-state index in [2.05, 4.69) is 0 Å². The van der Waals surface area contributed by atoms with Gasteiger partial charge in [-0.2, -0.15) is 0 Å². The van der Waals surface area contributed by atoms with Gasteiger partial charge in [0.25, 0.3) is 11.6 Å². The predicted molar refractivity (Wildman–Crippen MR) is 71.0 cm³/mol. The number of ether oxygens (including phenoxy) is 1. The fourth-order valence-corrected chi connectivity index (χ4v) is 1.84. The van der Waals surface area contributed by atoms with Crippen molar-refractivity contribution in [2.45, 2.75) is 18.9 Å². The fraction of sp³-hybridized carbons (Fsp3) is 0.385. The molecule has 1 fully saturated rings. The topological polar surface area (TPSA) is 110 Å². The second-order valence-electron chi connectivity index (χ2n) is 4.69. The van der Waals surface area contributed by atoms with E-state index in [0.717, 1.165) is 12.8 Å². The average Bonchev–Trinajstić information content (AvgIpc) is 3.27. The molecule has 0 unspecified atom stereocenters. The number of amides is 1. The molecule has 1 amide bonds.